The summed E-state index contributed by atoms with van der Waals surface area (Å²) in [6.45, 7) is 2.63. The van der Waals surface area contributed by atoms with Crippen LogP contribution in [0, 0.1) is 6.92 Å². The molecule has 20 heavy (non-hydrogen) atoms. The maximum atomic E-state index is 10.5. The average Bonchev–Trinajstić information content (AvgIpc) is 2.76. The molecule has 2 atom stereocenters. The largest absolute Gasteiger partial charge is 0.390 e. The molecule has 4 heteroatoms. The van der Waals surface area contributed by atoms with Crippen molar-refractivity contribution in [2.75, 3.05) is 6.61 Å². The normalized spacial score (nSPS) is 19.6. The van der Waals surface area contributed by atoms with E-state index >= 15 is 0 Å². The molecule has 0 saturated carbocycles. The number of nitrogens with zero attached hydrogens (tertiary/aromatic N) is 2. The number of aliphatic hydroxyl groups is 1. The quantitative estimate of drug-likeness (QED) is 0.929. The molecular weight excluding hydrogens is 252 g/mol. The number of rotatable bonds is 3. The fourth-order valence-corrected chi connectivity index (χ4v) is 2.92. The molecule has 0 amide bonds. The van der Waals surface area contributed by atoms with Crippen molar-refractivity contribution < 1.29 is 9.84 Å². The average molecular weight is 272 g/mol. The van der Waals surface area contributed by atoms with Gasteiger partial charge in [0, 0.05) is 19.2 Å². The molecule has 1 aromatic carbocycles. The molecule has 0 radical (unpaired) electrons. The number of aryl methyl sites for hydroxylation is 2. The first kappa shape index (κ1) is 13.3. The summed E-state index contributed by atoms with van der Waals surface area (Å²) in [7, 11) is 1.91. The van der Waals surface area contributed by atoms with Crippen molar-refractivity contribution in [1.29, 1.82) is 0 Å². The van der Waals surface area contributed by atoms with E-state index < -0.39 is 6.10 Å². The number of ether oxygens (including phenoxy) is 1. The Morgan fingerprint density at radius 3 is 3.00 bits per heavy atom. The van der Waals surface area contributed by atoms with Crippen LogP contribution in [-0.4, -0.2) is 27.6 Å². The molecule has 1 N–H and O–H groups in total. The topological polar surface area (TPSA) is 47.3 Å². The number of benzene rings is 1. The van der Waals surface area contributed by atoms with Crippen LogP contribution in [0.15, 0.2) is 30.3 Å². The summed E-state index contributed by atoms with van der Waals surface area (Å²) in [5.74, 6) is 0. The van der Waals surface area contributed by atoms with Crippen molar-refractivity contribution in [1.82, 2.24) is 9.78 Å². The highest BCUT2D eigenvalue weighted by molar-refractivity contribution is 5.32. The standard InChI is InChI=1S/C16H20N2O2/c1-11-9-13(18(2)17-11)10-15(19)16-14-6-4-3-5-12(14)7-8-20-16/h3-6,9,15-16,19H,7-8,10H2,1-2H3. The third kappa shape index (κ3) is 2.49. The van der Waals surface area contributed by atoms with E-state index in [-0.39, 0.29) is 6.10 Å². The fraction of sp³-hybridized carbons (Fsp3) is 0.438. The molecule has 2 aromatic rings. The Kier molecular flexibility index (Phi) is 3.59. The summed E-state index contributed by atoms with van der Waals surface area (Å²) < 4.78 is 7.63. The van der Waals surface area contributed by atoms with Crippen molar-refractivity contribution in [2.24, 2.45) is 7.05 Å². The molecule has 3 rings (SSSR count). The van der Waals surface area contributed by atoms with Crippen molar-refractivity contribution >= 4 is 0 Å². The van der Waals surface area contributed by atoms with Crippen LogP contribution in [0.2, 0.25) is 0 Å². The third-order valence-corrected chi connectivity index (χ3v) is 3.90. The molecule has 0 bridgehead atoms. The van der Waals surface area contributed by atoms with E-state index in [2.05, 4.69) is 17.2 Å². The molecule has 0 aliphatic carbocycles. The van der Waals surface area contributed by atoms with E-state index in [0.717, 1.165) is 23.4 Å². The molecule has 2 unspecified atom stereocenters. The number of hydrogen-bond acceptors (Lipinski definition) is 3. The predicted molar refractivity (Wildman–Crippen MR) is 76.5 cm³/mol. The lowest BCUT2D eigenvalue weighted by atomic mass is 9.93. The minimum Gasteiger partial charge on any atom is -0.390 e. The lowest BCUT2D eigenvalue weighted by Crippen LogP contribution is -2.29. The van der Waals surface area contributed by atoms with Gasteiger partial charge in [-0.15, -0.1) is 0 Å². The Labute approximate surface area is 119 Å². The Bertz CT molecular complexity index is 606. The van der Waals surface area contributed by atoms with Crippen molar-refractivity contribution in [3.05, 3.63) is 52.8 Å². The summed E-state index contributed by atoms with van der Waals surface area (Å²) in [5.41, 5.74) is 4.40. The van der Waals surface area contributed by atoms with E-state index in [1.165, 1.54) is 5.56 Å². The molecule has 1 aliphatic rings. The zero-order chi connectivity index (χ0) is 14.1. The van der Waals surface area contributed by atoms with Crippen LogP contribution in [0.25, 0.3) is 0 Å². The zero-order valence-electron chi connectivity index (χ0n) is 11.9. The molecular formula is C16H20N2O2. The van der Waals surface area contributed by atoms with Crippen molar-refractivity contribution in [3.8, 4) is 0 Å². The first-order chi connectivity index (χ1) is 9.65. The number of fused-ring (bicyclic) bond motifs is 1. The van der Waals surface area contributed by atoms with Gasteiger partial charge in [-0.3, -0.25) is 4.68 Å². The first-order valence-electron chi connectivity index (χ1n) is 7.02. The van der Waals surface area contributed by atoms with Gasteiger partial charge in [0.2, 0.25) is 0 Å². The van der Waals surface area contributed by atoms with Gasteiger partial charge >= 0.3 is 0 Å². The first-order valence-corrected chi connectivity index (χ1v) is 7.02. The highest BCUT2D eigenvalue weighted by Gasteiger charge is 2.28. The maximum Gasteiger partial charge on any atom is 0.109 e. The highest BCUT2D eigenvalue weighted by Crippen LogP contribution is 2.30. The molecule has 4 nitrogen and oxygen atoms in total. The summed E-state index contributed by atoms with van der Waals surface area (Å²) in [4.78, 5) is 0. The van der Waals surface area contributed by atoms with Crippen LogP contribution < -0.4 is 0 Å². The van der Waals surface area contributed by atoms with Crippen LogP contribution in [0.1, 0.15) is 28.6 Å². The van der Waals surface area contributed by atoms with E-state index in [0.29, 0.717) is 13.0 Å². The maximum absolute atomic E-state index is 10.5. The summed E-state index contributed by atoms with van der Waals surface area (Å²) in [5, 5.41) is 14.9. The Morgan fingerprint density at radius 2 is 2.25 bits per heavy atom. The number of aromatic nitrogens is 2. The predicted octanol–water partition coefficient (Wildman–Crippen LogP) is 1.95. The second-order valence-corrected chi connectivity index (χ2v) is 5.41. The monoisotopic (exact) mass is 272 g/mol. The molecule has 1 aliphatic heterocycles. The van der Waals surface area contributed by atoms with Crippen LogP contribution >= 0.6 is 0 Å². The Balaban J connectivity index is 1.81. The lowest BCUT2D eigenvalue weighted by molar-refractivity contribution is -0.0466. The molecule has 0 saturated heterocycles. The minimum atomic E-state index is -0.550. The second-order valence-electron chi connectivity index (χ2n) is 5.41. The molecule has 1 aromatic heterocycles. The highest BCUT2D eigenvalue weighted by atomic mass is 16.5. The summed E-state index contributed by atoms with van der Waals surface area (Å²) in [6, 6.07) is 10.2. The van der Waals surface area contributed by atoms with Crippen LogP contribution in [0.3, 0.4) is 0 Å². The molecule has 2 heterocycles. The minimum absolute atomic E-state index is 0.241. The van der Waals surface area contributed by atoms with Gasteiger partial charge < -0.3 is 9.84 Å². The van der Waals surface area contributed by atoms with Gasteiger partial charge in [0.1, 0.15) is 6.10 Å². The second kappa shape index (κ2) is 5.38. The van der Waals surface area contributed by atoms with Gasteiger partial charge in [-0.05, 0) is 30.5 Å². The summed E-state index contributed by atoms with van der Waals surface area (Å²) in [6.07, 6.45) is 0.682. The Hall–Kier alpha value is -1.65. The molecule has 0 spiro atoms. The number of hydrogen-bond donors (Lipinski definition) is 1. The van der Waals surface area contributed by atoms with E-state index in [9.17, 15) is 5.11 Å². The lowest BCUT2D eigenvalue weighted by Gasteiger charge is -2.29. The summed E-state index contributed by atoms with van der Waals surface area (Å²) >= 11 is 0. The molecule has 106 valence electrons. The van der Waals surface area contributed by atoms with Crippen LogP contribution in [0.5, 0.6) is 0 Å². The third-order valence-electron chi connectivity index (χ3n) is 3.90. The smallest absolute Gasteiger partial charge is 0.109 e. The van der Waals surface area contributed by atoms with Gasteiger partial charge in [-0.2, -0.15) is 5.10 Å². The van der Waals surface area contributed by atoms with Gasteiger partial charge in [0.05, 0.1) is 18.4 Å². The van der Waals surface area contributed by atoms with E-state index in [1.54, 1.807) is 0 Å². The van der Waals surface area contributed by atoms with Gasteiger partial charge in [-0.25, -0.2) is 0 Å². The van der Waals surface area contributed by atoms with E-state index in [1.807, 2.05) is 36.9 Å². The Morgan fingerprint density at radius 1 is 1.45 bits per heavy atom. The van der Waals surface area contributed by atoms with E-state index in [4.69, 9.17) is 4.74 Å². The van der Waals surface area contributed by atoms with Crippen LogP contribution in [-0.2, 0) is 24.6 Å². The van der Waals surface area contributed by atoms with Gasteiger partial charge in [-0.1, -0.05) is 24.3 Å². The van der Waals surface area contributed by atoms with Crippen molar-refractivity contribution in [3.63, 3.8) is 0 Å². The zero-order valence-corrected chi connectivity index (χ0v) is 11.9. The SMILES string of the molecule is Cc1cc(CC(O)C2OCCc3ccccc32)n(C)n1. The number of aliphatic hydroxyl groups excluding tert-OH is 1. The van der Waals surface area contributed by atoms with Gasteiger partial charge in [0.25, 0.3) is 0 Å². The van der Waals surface area contributed by atoms with Gasteiger partial charge in [0.15, 0.2) is 0 Å². The van der Waals surface area contributed by atoms with Crippen molar-refractivity contribution in [2.45, 2.75) is 32.0 Å². The molecule has 0 fully saturated rings. The fourth-order valence-electron chi connectivity index (χ4n) is 2.92. The van der Waals surface area contributed by atoms with Crippen LogP contribution in [0.4, 0.5) is 0 Å².